The predicted octanol–water partition coefficient (Wildman–Crippen LogP) is 4.56. The number of carbonyl (C=O) groups is 1. The third kappa shape index (κ3) is 3.14. The van der Waals surface area contributed by atoms with Gasteiger partial charge in [-0.05, 0) is 25.0 Å². The third-order valence-electron chi connectivity index (χ3n) is 5.71. The van der Waals surface area contributed by atoms with Gasteiger partial charge in [0.2, 0.25) is 5.82 Å². The number of nitrogens with two attached hydrogens (primary N) is 1. The number of nitriles is 2. The normalized spacial score (nSPS) is 18.2. The van der Waals surface area contributed by atoms with Crippen LogP contribution in [0.3, 0.4) is 0 Å². The molecular formula is C23H13F5N4O. The first kappa shape index (κ1) is 22.0. The lowest BCUT2D eigenvalue weighted by Crippen LogP contribution is -2.39. The molecule has 1 aliphatic heterocycles. The monoisotopic (exact) mass is 456 g/mol. The van der Waals surface area contributed by atoms with Crippen LogP contribution in [0.5, 0.6) is 0 Å². The van der Waals surface area contributed by atoms with Crippen LogP contribution >= 0.6 is 0 Å². The van der Waals surface area contributed by atoms with Gasteiger partial charge < -0.3 is 5.73 Å². The fourth-order valence-electron chi connectivity index (χ4n) is 4.29. The number of hydrogen-bond acceptors (Lipinski definition) is 5. The van der Waals surface area contributed by atoms with Gasteiger partial charge in [-0.1, -0.05) is 12.1 Å². The number of nitrogens with zero attached hydrogens (tertiary/aromatic N) is 3. The first-order valence-electron chi connectivity index (χ1n) is 9.71. The summed E-state index contributed by atoms with van der Waals surface area (Å²) in [5, 5.41) is 19.3. The number of rotatable bonds is 2. The van der Waals surface area contributed by atoms with Gasteiger partial charge in [-0.3, -0.25) is 9.69 Å². The fourth-order valence-corrected chi connectivity index (χ4v) is 4.29. The van der Waals surface area contributed by atoms with E-state index in [1.54, 1.807) is 18.2 Å². The van der Waals surface area contributed by atoms with E-state index in [9.17, 15) is 37.3 Å². The number of allylic oxidation sites excluding steroid dienone is 3. The molecule has 0 bridgehead atoms. The van der Waals surface area contributed by atoms with Gasteiger partial charge in [-0.2, -0.15) is 10.5 Å². The van der Waals surface area contributed by atoms with Gasteiger partial charge in [-0.25, -0.2) is 22.0 Å². The number of ketones is 1. The molecule has 0 amide bonds. The summed E-state index contributed by atoms with van der Waals surface area (Å²) in [4.78, 5) is 14.2. The maximum Gasteiger partial charge on any atom is 0.200 e. The van der Waals surface area contributed by atoms with Crippen molar-refractivity contribution in [3.8, 4) is 12.1 Å². The fraction of sp³-hybridized carbons (Fsp3) is 0.174. The minimum atomic E-state index is -2.35. The van der Waals surface area contributed by atoms with Crippen LogP contribution in [0.2, 0.25) is 0 Å². The topological polar surface area (TPSA) is 93.9 Å². The highest BCUT2D eigenvalue weighted by Gasteiger charge is 2.44. The maximum absolute atomic E-state index is 14.8. The standard InChI is InChI=1S/C23H13F5N4O/c24-18-17(19(25)21(27)22(28)20(18)26)15-11(9-30)23(31)32(12-5-2-1-4-10(12)8-29)13-6-3-7-14(33)16(13)15/h1-2,4-5,15H,3,6-7,31H2/t15-/m0/s1. The number of benzene rings is 2. The average molecular weight is 456 g/mol. The predicted molar refractivity (Wildman–Crippen MR) is 105 cm³/mol. The molecule has 0 saturated heterocycles. The molecule has 5 nitrogen and oxygen atoms in total. The van der Waals surface area contributed by atoms with Crippen molar-refractivity contribution in [2.45, 2.75) is 25.2 Å². The van der Waals surface area contributed by atoms with Gasteiger partial charge in [0.05, 0.1) is 28.8 Å². The Labute approximate surface area is 184 Å². The molecule has 33 heavy (non-hydrogen) atoms. The van der Waals surface area contributed by atoms with Crippen LogP contribution in [0, 0.1) is 51.7 Å². The molecule has 1 aliphatic carbocycles. The zero-order chi connectivity index (χ0) is 24.0. The zero-order valence-corrected chi connectivity index (χ0v) is 16.7. The van der Waals surface area contributed by atoms with E-state index in [1.165, 1.54) is 17.0 Å². The van der Waals surface area contributed by atoms with Crippen molar-refractivity contribution in [3.05, 3.63) is 87.1 Å². The van der Waals surface area contributed by atoms with Crippen LogP contribution < -0.4 is 10.6 Å². The molecule has 0 radical (unpaired) electrons. The molecule has 0 fully saturated rings. The number of para-hydroxylation sites is 1. The van der Waals surface area contributed by atoms with Crippen molar-refractivity contribution in [1.82, 2.24) is 0 Å². The molecule has 1 atom stereocenters. The Kier molecular flexibility index (Phi) is 5.38. The lowest BCUT2D eigenvalue weighted by atomic mass is 9.75. The molecule has 166 valence electrons. The Morgan fingerprint density at radius 2 is 1.52 bits per heavy atom. The van der Waals surface area contributed by atoms with E-state index >= 15 is 0 Å². The Morgan fingerprint density at radius 3 is 2.12 bits per heavy atom. The van der Waals surface area contributed by atoms with Crippen LogP contribution in [0.4, 0.5) is 27.6 Å². The van der Waals surface area contributed by atoms with Crippen LogP contribution in [-0.2, 0) is 4.79 Å². The molecular weight excluding hydrogens is 443 g/mol. The first-order valence-corrected chi connectivity index (χ1v) is 9.71. The molecule has 10 heteroatoms. The minimum Gasteiger partial charge on any atom is -0.384 e. The summed E-state index contributed by atoms with van der Waals surface area (Å²) in [6.07, 6.45) is 0.422. The summed E-state index contributed by atoms with van der Waals surface area (Å²) in [5.41, 5.74) is 4.51. The molecule has 2 aromatic carbocycles. The van der Waals surface area contributed by atoms with Crippen molar-refractivity contribution >= 4 is 11.5 Å². The number of carbonyl (C=O) groups excluding carboxylic acids is 1. The Hall–Kier alpha value is -4.18. The first-order chi connectivity index (χ1) is 15.7. The summed E-state index contributed by atoms with van der Waals surface area (Å²) >= 11 is 0. The Morgan fingerprint density at radius 1 is 0.909 bits per heavy atom. The highest BCUT2D eigenvalue weighted by molar-refractivity contribution is 6.01. The van der Waals surface area contributed by atoms with Crippen LogP contribution in [-0.4, -0.2) is 5.78 Å². The van der Waals surface area contributed by atoms with Crippen molar-refractivity contribution in [1.29, 1.82) is 10.5 Å². The summed E-state index contributed by atoms with van der Waals surface area (Å²) in [5.74, 6) is -13.9. The zero-order valence-electron chi connectivity index (χ0n) is 16.7. The number of anilines is 1. The van der Waals surface area contributed by atoms with E-state index in [4.69, 9.17) is 5.73 Å². The molecule has 2 aliphatic rings. The smallest absolute Gasteiger partial charge is 0.200 e. The van der Waals surface area contributed by atoms with E-state index in [-0.39, 0.29) is 41.2 Å². The highest BCUT2D eigenvalue weighted by atomic mass is 19.2. The van der Waals surface area contributed by atoms with Gasteiger partial charge in [0.15, 0.2) is 29.1 Å². The average Bonchev–Trinajstić information content (AvgIpc) is 2.82. The molecule has 2 N–H and O–H groups in total. The van der Waals surface area contributed by atoms with E-state index in [2.05, 4.69) is 0 Å². The van der Waals surface area contributed by atoms with E-state index in [1.807, 2.05) is 6.07 Å². The SMILES string of the molecule is N#CC1=C(N)N(c2ccccc2C#N)C2=C(C(=O)CCC2)[C@H]1c1c(F)c(F)c(F)c(F)c1F. The molecule has 0 unspecified atom stereocenters. The highest BCUT2D eigenvalue weighted by Crippen LogP contribution is 2.48. The van der Waals surface area contributed by atoms with Crippen LogP contribution in [0.25, 0.3) is 0 Å². The number of halogens is 5. The molecule has 2 aromatic rings. The largest absolute Gasteiger partial charge is 0.384 e. The van der Waals surface area contributed by atoms with Crippen molar-refractivity contribution in [2.24, 2.45) is 5.73 Å². The second-order valence-electron chi connectivity index (χ2n) is 7.43. The number of hydrogen-bond donors (Lipinski definition) is 1. The van der Waals surface area contributed by atoms with Gasteiger partial charge >= 0.3 is 0 Å². The van der Waals surface area contributed by atoms with Crippen molar-refractivity contribution < 1.29 is 26.7 Å². The van der Waals surface area contributed by atoms with Gasteiger partial charge in [0.1, 0.15) is 11.9 Å². The summed E-state index contributed by atoms with van der Waals surface area (Å²) < 4.78 is 71.2. The Balaban J connectivity index is 2.10. The van der Waals surface area contributed by atoms with Crippen molar-refractivity contribution in [2.75, 3.05) is 4.90 Å². The second-order valence-corrected chi connectivity index (χ2v) is 7.43. The second kappa shape index (κ2) is 8.06. The van der Waals surface area contributed by atoms with Crippen LogP contribution in [0.15, 0.2) is 46.9 Å². The lowest BCUT2D eigenvalue weighted by Gasteiger charge is -2.40. The van der Waals surface area contributed by atoms with E-state index < -0.39 is 51.9 Å². The molecule has 0 saturated carbocycles. The summed E-state index contributed by atoms with van der Waals surface area (Å²) in [7, 11) is 0. The van der Waals surface area contributed by atoms with Gasteiger partial charge in [-0.15, -0.1) is 0 Å². The van der Waals surface area contributed by atoms with E-state index in [0.717, 1.165) is 0 Å². The number of Topliss-reactive ketones (excluding diaryl/α,β-unsaturated/α-hetero) is 1. The molecule has 0 aromatic heterocycles. The van der Waals surface area contributed by atoms with Gasteiger partial charge in [0, 0.05) is 23.3 Å². The molecule has 4 rings (SSSR count). The maximum atomic E-state index is 14.8. The third-order valence-corrected chi connectivity index (χ3v) is 5.71. The summed E-state index contributed by atoms with van der Waals surface area (Å²) in [6, 6.07) is 9.77. The quantitative estimate of drug-likeness (QED) is 0.406. The van der Waals surface area contributed by atoms with E-state index in [0.29, 0.717) is 6.42 Å². The Bertz CT molecular complexity index is 1340. The van der Waals surface area contributed by atoms with Crippen molar-refractivity contribution in [3.63, 3.8) is 0 Å². The summed E-state index contributed by atoms with van der Waals surface area (Å²) in [6.45, 7) is 0. The molecule has 1 heterocycles. The van der Waals surface area contributed by atoms with Gasteiger partial charge in [0.25, 0.3) is 0 Å². The molecule has 0 spiro atoms. The van der Waals surface area contributed by atoms with Crippen LogP contribution in [0.1, 0.15) is 36.3 Å². The lowest BCUT2D eigenvalue weighted by molar-refractivity contribution is -0.116. The minimum absolute atomic E-state index is 0.0585.